The number of carbonyl (C=O) groups is 2. The highest BCUT2D eigenvalue weighted by atomic mass is 35.5. The highest BCUT2D eigenvalue weighted by molar-refractivity contribution is 6.30. The normalized spacial score (nSPS) is 15.3. The average molecular weight is 571 g/mol. The zero-order chi connectivity index (χ0) is 28.3. The van der Waals surface area contributed by atoms with Crippen molar-refractivity contribution in [3.05, 3.63) is 110 Å². The van der Waals surface area contributed by atoms with Gasteiger partial charge in [0.1, 0.15) is 12.1 Å². The number of nitrogens with one attached hydrogen (secondary N) is 1. The third kappa shape index (κ3) is 5.91. The van der Waals surface area contributed by atoms with E-state index in [1.807, 2.05) is 54.6 Å². The van der Waals surface area contributed by atoms with Crippen molar-refractivity contribution < 1.29 is 14.3 Å². The third-order valence-electron chi connectivity index (χ3n) is 7.70. The Morgan fingerprint density at radius 2 is 1.68 bits per heavy atom. The molecule has 0 atom stereocenters. The SMILES string of the molecule is O=C(NCc1ccc(Cl)cc1)c1cn2c3c(cc(CN4CCOCC4)cc3c1=O)N(CCc1ccccc1)C(=O)C2. The molecular formula is C32H31ClN4O4. The molecule has 1 saturated heterocycles. The maximum Gasteiger partial charge on any atom is 0.257 e. The van der Waals surface area contributed by atoms with Crippen molar-refractivity contribution in [1.29, 1.82) is 0 Å². The van der Waals surface area contributed by atoms with Gasteiger partial charge < -0.3 is 19.5 Å². The minimum atomic E-state index is -0.477. The van der Waals surface area contributed by atoms with Crippen LogP contribution in [-0.4, -0.2) is 54.1 Å². The molecule has 0 radical (unpaired) electrons. The Morgan fingerprint density at radius 3 is 2.44 bits per heavy atom. The van der Waals surface area contributed by atoms with Crippen LogP contribution in [0.15, 0.2) is 77.7 Å². The topological polar surface area (TPSA) is 83.9 Å². The van der Waals surface area contributed by atoms with E-state index >= 15 is 0 Å². The van der Waals surface area contributed by atoms with Gasteiger partial charge in [-0.15, -0.1) is 0 Å². The molecule has 3 aromatic carbocycles. The summed E-state index contributed by atoms with van der Waals surface area (Å²) in [7, 11) is 0. The van der Waals surface area contributed by atoms with Gasteiger partial charge in [0.25, 0.3) is 5.91 Å². The molecule has 2 aliphatic rings. The molecule has 0 bridgehead atoms. The number of nitrogens with zero attached hydrogens (tertiary/aromatic N) is 3. The first-order valence-electron chi connectivity index (χ1n) is 13.8. The number of anilines is 1. The quantitative estimate of drug-likeness (QED) is 0.346. The number of benzene rings is 3. The minimum absolute atomic E-state index is 0.0199. The van der Waals surface area contributed by atoms with Gasteiger partial charge in [0.2, 0.25) is 11.3 Å². The zero-order valence-electron chi connectivity index (χ0n) is 22.6. The monoisotopic (exact) mass is 570 g/mol. The summed E-state index contributed by atoms with van der Waals surface area (Å²) in [5.41, 5.74) is 4.00. The van der Waals surface area contributed by atoms with E-state index in [2.05, 4.69) is 10.2 Å². The molecule has 1 N–H and O–H groups in total. The number of halogens is 1. The van der Waals surface area contributed by atoms with Gasteiger partial charge in [-0.1, -0.05) is 54.1 Å². The Bertz CT molecular complexity index is 1650. The van der Waals surface area contributed by atoms with Gasteiger partial charge >= 0.3 is 0 Å². The first kappa shape index (κ1) is 27.2. The molecule has 1 fully saturated rings. The van der Waals surface area contributed by atoms with Crippen molar-refractivity contribution in [1.82, 2.24) is 14.8 Å². The van der Waals surface area contributed by atoms with Gasteiger partial charge in [-0.05, 0) is 47.4 Å². The van der Waals surface area contributed by atoms with Gasteiger partial charge in [0.05, 0.1) is 24.4 Å². The standard InChI is InChI=1S/C32H31ClN4O4/c33-25-8-6-23(7-9-25)18-34-32(40)27-20-36-21-29(38)37(11-10-22-4-2-1-3-5-22)28-17-24(16-26(30(28)36)31(27)39)19-35-12-14-41-15-13-35/h1-9,16-17,20H,10-15,18-19,21H2,(H,34,40). The fourth-order valence-electron chi connectivity index (χ4n) is 5.55. The maximum absolute atomic E-state index is 13.9. The Balaban J connectivity index is 1.37. The van der Waals surface area contributed by atoms with E-state index in [-0.39, 0.29) is 30.0 Å². The molecule has 0 aliphatic carbocycles. The number of hydrogen-bond donors (Lipinski definition) is 1. The summed E-state index contributed by atoms with van der Waals surface area (Å²) in [6.07, 6.45) is 2.22. The van der Waals surface area contributed by atoms with Gasteiger partial charge in [0, 0.05) is 49.3 Å². The molecule has 2 aliphatic heterocycles. The van der Waals surface area contributed by atoms with Crippen molar-refractivity contribution in [3.8, 4) is 0 Å². The summed E-state index contributed by atoms with van der Waals surface area (Å²) in [6, 6.07) is 21.1. The first-order valence-corrected chi connectivity index (χ1v) is 14.2. The van der Waals surface area contributed by atoms with E-state index < -0.39 is 5.91 Å². The predicted molar refractivity (Wildman–Crippen MR) is 159 cm³/mol. The van der Waals surface area contributed by atoms with Crippen LogP contribution in [0.4, 0.5) is 5.69 Å². The fourth-order valence-corrected chi connectivity index (χ4v) is 5.68. The Morgan fingerprint density at radius 1 is 0.927 bits per heavy atom. The molecule has 0 spiro atoms. The number of hydrogen-bond acceptors (Lipinski definition) is 5. The van der Waals surface area contributed by atoms with Gasteiger partial charge in [-0.3, -0.25) is 19.3 Å². The van der Waals surface area contributed by atoms with Crippen molar-refractivity contribution >= 4 is 40.0 Å². The van der Waals surface area contributed by atoms with Crippen LogP contribution < -0.4 is 15.6 Å². The Labute approximate surface area is 243 Å². The number of amides is 2. The molecule has 9 heteroatoms. The lowest BCUT2D eigenvalue weighted by molar-refractivity contribution is -0.119. The van der Waals surface area contributed by atoms with Crippen LogP contribution in [0.3, 0.4) is 0 Å². The molecule has 210 valence electrons. The van der Waals surface area contributed by atoms with Gasteiger partial charge in [-0.2, -0.15) is 0 Å². The Hall–Kier alpha value is -3.98. The van der Waals surface area contributed by atoms with E-state index in [4.69, 9.17) is 16.3 Å². The summed E-state index contributed by atoms with van der Waals surface area (Å²) >= 11 is 5.97. The number of pyridine rings is 1. The molecule has 6 rings (SSSR count). The molecule has 0 unspecified atom stereocenters. The average Bonchev–Trinajstić information content (AvgIpc) is 2.99. The fraction of sp³-hybridized carbons (Fsp3) is 0.281. The lowest BCUT2D eigenvalue weighted by Crippen LogP contribution is -2.41. The number of ether oxygens (including phenoxy) is 1. The Kier molecular flexibility index (Phi) is 7.87. The van der Waals surface area contributed by atoms with Crippen molar-refractivity contribution in [2.75, 3.05) is 37.7 Å². The lowest BCUT2D eigenvalue weighted by atomic mass is 10.0. The van der Waals surface area contributed by atoms with E-state index in [0.717, 1.165) is 29.8 Å². The van der Waals surface area contributed by atoms with Crippen LogP contribution in [-0.2, 0) is 35.6 Å². The van der Waals surface area contributed by atoms with Crippen molar-refractivity contribution in [2.45, 2.75) is 26.1 Å². The van der Waals surface area contributed by atoms with Crippen LogP contribution in [0, 0.1) is 0 Å². The van der Waals surface area contributed by atoms with Gasteiger partial charge in [-0.25, -0.2) is 0 Å². The maximum atomic E-state index is 13.9. The second kappa shape index (κ2) is 11.9. The molecule has 8 nitrogen and oxygen atoms in total. The van der Waals surface area contributed by atoms with E-state index in [1.165, 1.54) is 6.20 Å². The summed E-state index contributed by atoms with van der Waals surface area (Å²) in [6.45, 7) is 4.33. The highest BCUT2D eigenvalue weighted by Crippen LogP contribution is 2.32. The molecular weight excluding hydrogens is 540 g/mol. The third-order valence-corrected chi connectivity index (χ3v) is 7.95. The molecule has 0 saturated carbocycles. The van der Waals surface area contributed by atoms with E-state index in [9.17, 15) is 14.4 Å². The molecule has 1 aromatic heterocycles. The largest absolute Gasteiger partial charge is 0.379 e. The minimum Gasteiger partial charge on any atom is -0.379 e. The summed E-state index contributed by atoms with van der Waals surface area (Å²) in [4.78, 5) is 44.7. The summed E-state index contributed by atoms with van der Waals surface area (Å²) < 4.78 is 7.26. The van der Waals surface area contributed by atoms with Crippen LogP contribution in [0.1, 0.15) is 27.0 Å². The second-order valence-corrected chi connectivity index (χ2v) is 10.9. The van der Waals surface area contributed by atoms with E-state index in [0.29, 0.717) is 54.3 Å². The van der Waals surface area contributed by atoms with Gasteiger partial charge in [0.15, 0.2) is 0 Å². The smallest absolute Gasteiger partial charge is 0.257 e. The summed E-state index contributed by atoms with van der Waals surface area (Å²) in [5, 5.41) is 3.91. The van der Waals surface area contributed by atoms with Crippen molar-refractivity contribution in [3.63, 3.8) is 0 Å². The van der Waals surface area contributed by atoms with Crippen LogP contribution in [0.2, 0.25) is 5.02 Å². The number of aromatic nitrogens is 1. The highest BCUT2D eigenvalue weighted by Gasteiger charge is 2.29. The van der Waals surface area contributed by atoms with Crippen LogP contribution in [0.5, 0.6) is 0 Å². The predicted octanol–water partition coefficient (Wildman–Crippen LogP) is 4.01. The van der Waals surface area contributed by atoms with Crippen molar-refractivity contribution in [2.24, 2.45) is 0 Å². The number of morpholine rings is 1. The van der Waals surface area contributed by atoms with E-state index in [1.54, 1.807) is 21.6 Å². The number of rotatable bonds is 8. The van der Waals surface area contributed by atoms with Crippen LogP contribution >= 0.6 is 11.6 Å². The molecule has 41 heavy (non-hydrogen) atoms. The first-order chi connectivity index (χ1) is 20.0. The second-order valence-electron chi connectivity index (χ2n) is 10.5. The molecule has 2 amide bonds. The summed E-state index contributed by atoms with van der Waals surface area (Å²) in [5.74, 6) is -0.552. The molecule has 4 aromatic rings. The zero-order valence-corrected chi connectivity index (χ0v) is 23.4. The molecule has 3 heterocycles. The number of carbonyl (C=O) groups excluding carboxylic acids is 2. The lowest BCUT2D eigenvalue weighted by Gasteiger charge is -2.32. The van der Waals surface area contributed by atoms with Crippen LogP contribution in [0.25, 0.3) is 10.9 Å².